The van der Waals surface area contributed by atoms with Crippen LogP contribution >= 0.6 is 0 Å². The molecule has 0 aromatic carbocycles. The lowest BCUT2D eigenvalue weighted by Gasteiger charge is -2.21. The Morgan fingerprint density at radius 3 is 2.57 bits per heavy atom. The second kappa shape index (κ2) is 9.13. The summed E-state index contributed by atoms with van der Waals surface area (Å²) in [6.07, 6.45) is 3.58. The van der Waals surface area contributed by atoms with Gasteiger partial charge in [0.05, 0.1) is 12.2 Å². The summed E-state index contributed by atoms with van der Waals surface area (Å²) in [5.74, 6) is 1.35. The first-order valence-corrected chi connectivity index (χ1v) is 11.5. The van der Waals surface area contributed by atoms with Crippen LogP contribution in [-0.4, -0.2) is 70.9 Å². The zero-order chi connectivity index (χ0) is 21.9. The van der Waals surface area contributed by atoms with Crippen LogP contribution in [0.5, 0.6) is 5.88 Å². The summed E-state index contributed by atoms with van der Waals surface area (Å²) < 4.78 is 34.5. The Labute approximate surface area is 177 Å². The number of aromatic nitrogens is 3. The molecule has 10 heteroatoms. The van der Waals surface area contributed by atoms with Crippen molar-refractivity contribution in [2.75, 3.05) is 32.8 Å². The third-order valence-electron chi connectivity index (χ3n) is 4.98. The lowest BCUT2D eigenvalue weighted by molar-refractivity contribution is 0.0763. The number of amides is 1. The van der Waals surface area contributed by atoms with Crippen molar-refractivity contribution >= 4 is 15.9 Å². The van der Waals surface area contributed by atoms with Crippen molar-refractivity contribution in [1.82, 2.24) is 23.7 Å². The van der Waals surface area contributed by atoms with E-state index in [2.05, 4.69) is 23.8 Å². The van der Waals surface area contributed by atoms with Gasteiger partial charge in [0.1, 0.15) is 5.82 Å². The molecule has 0 radical (unpaired) electrons. The zero-order valence-electron chi connectivity index (χ0n) is 17.9. The Morgan fingerprint density at radius 2 is 1.97 bits per heavy atom. The van der Waals surface area contributed by atoms with E-state index < -0.39 is 10.0 Å². The van der Waals surface area contributed by atoms with E-state index in [1.54, 1.807) is 35.6 Å². The van der Waals surface area contributed by atoms with Crippen LogP contribution in [0.4, 0.5) is 0 Å². The van der Waals surface area contributed by atoms with Crippen LogP contribution in [0.1, 0.15) is 36.5 Å². The first kappa shape index (κ1) is 22.2. The zero-order valence-corrected chi connectivity index (χ0v) is 18.7. The van der Waals surface area contributed by atoms with Crippen LogP contribution in [0.15, 0.2) is 29.6 Å². The predicted octanol–water partition coefficient (Wildman–Crippen LogP) is 1.70. The number of nitrogens with zero attached hydrogens (tertiary/aromatic N) is 5. The van der Waals surface area contributed by atoms with E-state index >= 15 is 0 Å². The number of carbonyl (C=O) groups excluding carboxylic acids is 1. The third kappa shape index (κ3) is 4.99. The molecule has 164 valence electrons. The molecule has 30 heavy (non-hydrogen) atoms. The maximum atomic E-state index is 12.9. The molecule has 3 rings (SSSR count). The fraction of sp³-hybridized carbons (Fsp3) is 0.550. The highest BCUT2D eigenvalue weighted by Crippen LogP contribution is 2.18. The summed E-state index contributed by atoms with van der Waals surface area (Å²) in [4.78, 5) is 22.9. The molecule has 1 saturated heterocycles. The highest BCUT2D eigenvalue weighted by atomic mass is 32.2. The fourth-order valence-electron chi connectivity index (χ4n) is 3.15. The molecule has 1 aliphatic heterocycles. The normalized spacial score (nSPS) is 16.0. The quantitative estimate of drug-likeness (QED) is 0.685. The Hall–Kier alpha value is -2.46. The topological polar surface area (TPSA) is 97.6 Å². The largest absolute Gasteiger partial charge is 0.477 e. The van der Waals surface area contributed by atoms with Gasteiger partial charge in [-0.05, 0) is 25.3 Å². The molecule has 0 unspecified atom stereocenters. The summed E-state index contributed by atoms with van der Waals surface area (Å²) in [7, 11) is -1.92. The van der Waals surface area contributed by atoms with Crippen LogP contribution < -0.4 is 4.74 Å². The van der Waals surface area contributed by atoms with Gasteiger partial charge in [0.15, 0.2) is 5.03 Å². The Kier molecular flexibility index (Phi) is 6.77. The highest BCUT2D eigenvalue weighted by molar-refractivity contribution is 7.89. The predicted molar refractivity (Wildman–Crippen MR) is 112 cm³/mol. The SMILES string of the molecule is Cc1nc(S(=O)(=O)N2CCCN(C(=O)c3ccc(OCC(C)C)nc3)CC2)cn1C. The molecule has 0 aliphatic carbocycles. The number of ether oxygens (including phenoxy) is 1. The Balaban J connectivity index is 1.65. The minimum atomic E-state index is -3.69. The van der Waals surface area contributed by atoms with E-state index in [9.17, 15) is 13.2 Å². The maximum Gasteiger partial charge on any atom is 0.262 e. The van der Waals surface area contributed by atoms with Crippen LogP contribution in [0.25, 0.3) is 0 Å². The van der Waals surface area contributed by atoms with E-state index in [1.807, 2.05) is 0 Å². The number of carbonyl (C=O) groups is 1. The molecule has 0 atom stereocenters. The van der Waals surface area contributed by atoms with Gasteiger partial charge in [-0.1, -0.05) is 13.8 Å². The second-order valence-corrected chi connectivity index (χ2v) is 9.76. The summed E-state index contributed by atoms with van der Waals surface area (Å²) in [5, 5.41) is 0.0449. The standard InChI is InChI=1S/C20H29N5O4S/c1-15(2)14-29-18-7-6-17(12-21-18)20(26)24-8-5-9-25(11-10-24)30(27,28)19-13-23(4)16(3)22-19/h6-7,12-13,15H,5,8-11,14H2,1-4H3. The van der Waals surface area contributed by atoms with Gasteiger partial charge in [-0.15, -0.1) is 0 Å². The minimum Gasteiger partial charge on any atom is -0.477 e. The first-order chi connectivity index (χ1) is 14.2. The number of sulfonamides is 1. The smallest absolute Gasteiger partial charge is 0.262 e. The maximum absolute atomic E-state index is 12.9. The number of hydrogen-bond acceptors (Lipinski definition) is 6. The summed E-state index contributed by atoms with van der Waals surface area (Å²) in [6, 6.07) is 3.38. The molecule has 0 bridgehead atoms. The van der Waals surface area contributed by atoms with Gasteiger partial charge in [0.25, 0.3) is 15.9 Å². The van der Waals surface area contributed by atoms with Gasteiger partial charge in [-0.25, -0.2) is 18.4 Å². The summed E-state index contributed by atoms with van der Waals surface area (Å²) in [5.41, 5.74) is 0.462. The molecule has 1 fully saturated rings. The molecule has 3 heterocycles. The van der Waals surface area contributed by atoms with Gasteiger partial charge in [-0.3, -0.25) is 4.79 Å². The van der Waals surface area contributed by atoms with Crippen LogP contribution in [-0.2, 0) is 17.1 Å². The van der Waals surface area contributed by atoms with Crippen molar-refractivity contribution in [3.8, 4) is 5.88 Å². The molecule has 2 aromatic rings. The minimum absolute atomic E-state index is 0.0449. The lowest BCUT2D eigenvalue weighted by atomic mass is 10.2. The van der Waals surface area contributed by atoms with Crippen molar-refractivity contribution in [2.24, 2.45) is 13.0 Å². The summed E-state index contributed by atoms with van der Waals surface area (Å²) in [6.45, 7) is 7.80. The lowest BCUT2D eigenvalue weighted by Crippen LogP contribution is -2.37. The number of aryl methyl sites for hydroxylation is 2. The van der Waals surface area contributed by atoms with Crippen molar-refractivity contribution in [3.05, 3.63) is 35.9 Å². The van der Waals surface area contributed by atoms with Crippen molar-refractivity contribution in [2.45, 2.75) is 32.2 Å². The summed E-state index contributed by atoms with van der Waals surface area (Å²) >= 11 is 0. The van der Waals surface area contributed by atoms with Gasteiger partial charge >= 0.3 is 0 Å². The van der Waals surface area contributed by atoms with E-state index in [0.29, 0.717) is 55.8 Å². The van der Waals surface area contributed by atoms with Crippen LogP contribution in [0.3, 0.4) is 0 Å². The highest BCUT2D eigenvalue weighted by Gasteiger charge is 2.30. The second-order valence-electron chi connectivity index (χ2n) is 7.88. The van der Waals surface area contributed by atoms with Crippen molar-refractivity contribution in [1.29, 1.82) is 0 Å². The Bertz CT molecular complexity index is 966. The van der Waals surface area contributed by atoms with E-state index in [-0.39, 0.29) is 17.5 Å². The number of hydrogen-bond donors (Lipinski definition) is 0. The number of pyridine rings is 1. The van der Waals surface area contributed by atoms with Crippen molar-refractivity contribution < 1.29 is 17.9 Å². The molecule has 0 N–H and O–H groups in total. The molecular formula is C20H29N5O4S. The first-order valence-electron chi connectivity index (χ1n) is 10.1. The van der Waals surface area contributed by atoms with Gasteiger partial charge in [-0.2, -0.15) is 4.31 Å². The van der Waals surface area contributed by atoms with E-state index in [1.165, 1.54) is 16.7 Å². The molecule has 1 aliphatic rings. The third-order valence-corrected chi connectivity index (χ3v) is 6.75. The average molecular weight is 436 g/mol. The molecule has 9 nitrogen and oxygen atoms in total. The van der Waals surface area contributed by atoms with Crippen LogP contribution in [0, 0.1) is 12.8 Å². The van der Waals surface area contributed by atoms with Gasteiger partial charge in [0.2, 0.25) is 5.88 Å². The number of rotatable bonds is 6. The molecule has 1 amide bonds. The average Bonchev–Trinajstić information content (AvgIpc) is 2.92. The van der Waals surface area contributed by atoms with Crippen LogP contribution in [0.2, 0.25) is 0 Å². The molecule has 0 spiro atoms. The monoisotopic (exact) mass is 435 g/mol. The van der Waals surface area contributed by atoms with Gasteiger partial charge in [0, 0.05) is 51.7 Å². The molecule has 2 aromatic heterocycles. The fourth-order valence-corrected chi connectivity index (χ4v) is 4.64. The van der Waals surface area contributed by atoms with E-state index in [4.69, 9.17) is 4.74 Å². The van der Waals surface area contributed by atoms with Gasteiger partial charge < -0.3 is 14.2 Å². The van der Waals surface area contributed by atoms with E-state index in [0.717, 1.165) is 0 Å². The van der Waals surface area contributed by atoms with Crippen molar-refractivity contribution in [3.63, 3.8) is 0 Å². The molecular weight excluding hydrogens is 406 g/mol. The number of imidazole rings is 1. The molecule has 0 saturated carbocycles. The Morgan fingerprint density at radius 1 is 1.20 bits per heavy atom.